The normalized spacial score (nSPS) is 12.2. The fourth-order valence-electron chi connectivity index (χ4n) is 3.26. The van der Waals surface area contributed by atoms with E-state index in [0.717, 1.165) is 11.1 Å². The molecule has 0 saturated carbocycles. The van der Waals surface area contributed by atoms with Crippen LogP contribution in [0.4, 0.5) is 14.9 Å². The van der Waals surface area contributed by atoms with Crippen molar-refractivity contribution < 1.29 is 19.0 Å². The Balaban J connectivity index is 1.74. The molecule has 174 valence electrons. The Morgan fingerprint density at radius 2 is 1.76 bits per heavy atom. The van der Waals surface area contributed by atoms with Gasteiger partial charge in [-0.3, -0.25) is 0 Å². The molecule has 7 heteroatoms. The Hall–Kier alpha value is -3.09. The van der Waals surface area contributed by atoms with Crippen LogP contribution in [0.15, 0.2) is 66.7 Å². The van der Waals surface area contributed by atoms with E-state index in [1.807, 2.05) is 24.3 Å². The number of ether oxygens (including phenoxy) is 1. The average Bonchev–Trinajstić information content (AvgIpc) is 2.76. The molecule has 0 aliphatic carbocycles. The lowest BCUT2D eigenvalue weighted by atomic mass is 9.98. The largest absolute Gasteiger partial charge is 0.444 e. The van der Waals surface area contributed by atoms with Crippen LogP contribution in [-0.2, 0) is 17.8 Å². The number of aliphatic hydroxyl groups excluding tert-OH is 1. The molecule has 3 N–H and O–H groups in total. The molecule has 1 unspecified atom stereocenters. The molecular weight excluding hydrogens is 443 g/mol. The zero-order valence-electron chi connectivity index (χ0n) is 18.9. The molecule has 0 bridgehead atoms. The second-order valence-corrected chi connectivity index (χ2v) is 9.15. The first kappa shape index (κ1) is 24.6. The summed E-state index contributed by atoms with van der Waals surface area (Å²) in [5.74, 6) is -0.289. The van der Waals surface area contributed by atoms with Crippen LogP contribution < -0.4 is 10.6 Å². The van der Waals surface area contributed by atoms with Gasteiger partial charge in [0.25, 0.3) is 0 Å². The van der Waals surface area contributed by atoms with E-state index in [1.165, 1.54) is 12.1 Å². The molecule has 0 aliphatic heterocycles. The number of rotatable bonds is 7. The van der Waals surface area contributed by atoms with Crippen molar-refractivity contribution in [3.05, 3.63) is 99.8 Å². The monoisotopic (exact) mass is 470 g/mol. The van der Waals surface area contributed by atoms with Crippen LogP contribution in [0.25, 0.3) is 0 Å². The topological polar surface area (TPSA) is 70.6 Å². The highest BCUT2D eigenvalue weighted by molar-refractivity contribution is 6.30. The van der Waals surface area contributed by atoms with Gasteiger partial charge in [0.2, 0.25) is 0 Å². The number of halogens is 2. The van der Waals surface area contributed by atoms with Crippen LogP contribution in [0.1, 0.15) is 49.1 Å². The summed E-state index contributed by atoms with van der Waals surface area (Å²) in [5, 5.41) is 17.6. The number of amides is 1. The summed E-state index contributed by atoms with van der Waals surface area (Å²) in [6, 6.07) is 18.8. The van der Waals surface area contributed by atoms with Gasteiger partial charge in [-0.15, -0.1) is 0 Å². The summed E-state index contributed by atoms with van der Waals surface area (Å²) in [7, 11) is 0. The number of anilines is 1. The third kappa shape index (κ3) is 7.48. The molecule has 33 heavy (non-hydrogen) atoms. The van der Waals surface area contributed by atoms with Crippen molar-refractivity contribution in [2.24, 2.45) is 0 Å². The summed E-state index contributed by atoms with van der Waals surface area (Å²) in [5.41, 5.74) is 3.13. The number of nitrogens with one attached hydrogen (secondary N) is 2. The van der Waals surface area contributed by atoms with Crippen LogP contribution in [-0.4, -0.2) is 16.8 Å². The first-order chi connectivity index (χ1) is 15.6. The molecule has 0 spiro atoms. The average molecular weight is 471 g/mol. The van der Waals surface area contributed by atoms with Crippen molar-refractivity contribution in [1.29, 1.82) is 0 Å². The van der Waals surface area contributed by atoms with E-state index >= 15 is 0 Å². The Morgan fingerprint density at radius 1 is 1.03 bits per heavy atom. The molecular formula is C26H28ClFN2O3. The first-order valence-electron chi connectivity index (χ1n) is 10.6. The molecule has 0 heterocycles. The van der Waals surface area contributed by atoms with Gasteiger partial charge >= 0.3 is 6.09 Å². The zero-order valence-corrected chi connectivity index (χ0v) is 19.6. The SMILES string of the molecule is CC(C)(C)OC(=O)NCc1cccc(C(O)c2cc(Cl)ccc2NCc2ccc(F)cc2)c1. The molecule has 3 rings (SSSR count). The van der Waals surface area contributed by atoms with Crippen molar-refractivity contribution in [3.8, 4) is 0 Å². The third-order valence-electron chi connectivity index (χ3n) is 4.81. The van der Waals surface area contributed by atoms with E-state index in [9.17, 15) is 14.3 Å². The Kier molecular flexibility index (Phi) is 7.95. The van der Waals surface area contributed by atoms with Gasteiger partial charge in [0.05, 0.1) is 0 Å². The molecule has 1 atom stereocenters. The van der Waals surface area contributed by atoms with Crippen LogP contribution in [0.3, 0.4) is 0 Å². The quantitative estimate of drug-likeness (QED) is 0.384. The number of benzene rings is 3. The lowest BCUT2D eigenvalue weighted by Crippen LogP contribution is -2.32. The minimum Gasteiger partial charge on any atom is -0.444 e. The highest BCUT2D eigenvalue weighted by Crippen LogP contribution is 2.31. The summed E-state index contributed by atoms with van der Waals surface area (Å²) < 4.78 is 18.4. The Bertz CT molecular complexity index is 1100. The van der Waals surface area contributed by atoms with E-state index in [-0.39, 0.29) is 12.4 Å². The van der Waals surface area contributed by atoms with Gasteiger partial charge in [-0.05, 0) is 67.8 Å². The molecule has 1 amide bonds. The van der Waals surface area contributed by atoms with Gasteiger partial charge in [0.15, 0.2) is 0 Å². The van der Waals surface area contributed by atoms with Gasteiger partial charge in [-0.1, -0.05) is 48.0 Å². The van der Waals surface area contributed by atoms with Crippen LogP contribution in [0, 0.1) is 5.82 Å². The lowest BCUT2D eigenvalue weighted by molar-refractivity contribution is 0.0523. The summed E-state index contributed by atoms with van der Waals surface area (Å²) in [6.45, 7) is 6.13. The lowest BCUT2D eigenvalue weighted by Gasteiger charge is -2.20. The Labute approximate surface area is 198 Å². The van der Waals surface area contributed by atoms with Crippen molar-refractivity contribution in [1.82, 2.24) is 5.32 Å². The predicted molar refractivity (Wildman–Crippen MR) is 129 cm³/mol. The number of hydrogen-bond donors (Lipinski definition) is 3. The molecule has 5 nitrogen and oxygen atoms in total. The van der Waals surface area contributed by atoms with Gasteiger partial charge in [0, 0.05) is 29.4 Å². The van der Waals surface area contributed by atoms with E-state index in [1.54, 1.807) is 51.1 Å². The second kappa shape index (κ2) is 10.7. The summed E-state index contributed by atoms with van der Waals surface area (Å²) >= 11 is 6.21. The van der Waals surface area contributed by atoms with E-state index in [2.05, 4.69) is 10.6 Å². The molecule has 0 fully saturated rings. The standard InChI is InChI=1S/C26H28ClFN2O3/c1-26(2,3)33-25(32)30-16-18-5-4-6-19(13-18)24(31)22-14-20(27)9-12-23(22)29-15-17-7-10-21(28)11-8-17/h4-14,24,29,31H,15-16H2,1-3H3,(H,30,32). The van der Waals surface area contributed by atoms with E-state index in [0.29, 0.717) is 28.4 Å². The number of hydrogen-bond acceptors (Lipinski definition) is 4. The van der Waals surface area contributed by atoms with Crippen molar-refractivity contribution in [2.45, 2.75) is 45.6 Å². The maximum atomic E-state index is 13.2. The second-order valence-electron chi connectivity index (χ2n) is 8.71. The number of carbonyl (C=O) groups is 1. The van der Waals surface area contributed by atoms with Gasteiger partial charge in [0.1, 0.15) is 17.5 Å². The first-order valence-corrected chi connectivity index (χ1v) is 11.0. The smallest absolute Gasteiger partial charge is 0.407 e. The minimum absolute atomic E-state index is 0.265. The predicted octanol–water partition coefficient (Wildman–Crippen LogP) is 6.20. The highest BCUT2D eigenvalue weighted by atomic mass is 35.5. The zero-order chi connectivity index (χ0) is 24.0. The maximum Gasteiger partial charge on any atom is 0.407 e. The van der Waals surface area contributed by atoms with Crippen molar-refractivity contribution >= 4 is 23.4 Å². The molecule has 0 aliphatic rings. The molecule has 0 radical (unpaired) electrons. The summed E-state index contributed by atoms with van der Waals surface area (Å²) in [6.07, 6.45) is -1.45. The highest BCUT2D eigenvalue weighted by Gasteiger charge is 2.18. The van der Waals surface area contributed by atoms with Crippen LogP contribution in [0.2, 0.25) is 5.02 Å². The number of alkyl carbamates (subject to hydrolysis) is 1. The van der Waals surface area contributed by atoms with E-state index < -0.39 is 17.8 Å². The molecule has 0 saturated heterocycles. The number of aliphatic hydroxyl groups is 1. The third-order valence-corrected chi connectivity index (χ3v) is 5.04. The van der Waals surface area contributed by atoms with E-state index in [4.69, 9.17) is 16.3 Å². The molecule has 3 aromatic carbocycles. The fraction of sp³-hybridized carbons (Fsp3) is 0.269. The molecule has 3 aromatic rings. The van der Waals surface area contributed by atoms with Crippen LogP contribution >= 0.6 is 11.6 Å². The summed E-state index contributed by atoms with van der Waals surface area (Å²) in [4.78, 5) is 11.9. The van der Waals surface area contributed by atoms with Gasteiger partial charge in [-0.25, -0.2) is 9.18 Å². The van der Waals surface area contributed by atoms with Crippen molar-refractivity contribution in [3.63, 3.8) is 0 Å². The van der Waals surface area contributed by atoms with Crippen LogP contribution in [0.5, 0.6) is 0 Å². The van der Waals surface area contributed by atoms with Gasteiger partial charge < -0.3 is 20.5 Å². The van der Waals surface area contributed by atoms with Crippen molar-refractivity contribution in [2.75, 3.05) is 5.32 Å². The fourth-order valence-corrected chi connectivity index (χ4v) is 3.44. The molecule has 0 aromatic heterocycles. The van der Waals surface area contributed by atoms with Gasteiger partial charge in [-0.2, -0.15) is 0 Å². The Morgan fingerprint density at radius 3 is 2.45 bits per heavy atom. The number of carbonyl (C=O) groups excluding carboxylic acids is 1. The maximum absolute atomic E-state index is 13.2. The minimum atomic E-state index is -0.944.